The molecule has 0 aromatic carbocycles. The van der Waals surface area contributed by atoms with E-state index in [0.717, 1.165) is 9.80 Å². The highest BCUT2D eigenvalue weighted by Gasteiger charge is 2.17. The van der Waals surface area contributed by atoms with Crippen LogP contribution in [0.5, 0.6) is 0 Å². The summed E-state index contributed by atoms with van der Waals surface area (Å²) >= 11 is 0. The first-order valence-electron chi connectivity index (χ1n) is 5.52. The molecule has 0 aromatic heterocycles. The van der Waals surface area contributed by atoms with E-state index in [1.54, 1.807) is 0 Å². The van der Waals surface area contributed by atoms with Crippen LogP contribution in [0.1, 0.15) is 0 Å². The molecule has 0 saturated heterocycles. The Bertz CT molecular complexity index is 315. The van der Waals surface area contributed by atoms with Crippen molar-refractivity contribution in [3.05, 3.63) is 0 Å². The first-order chi connectivity index (χ1) is 9.20. The van der Waals surface area contributed by atoms with Crippen molar-refractivity contribution in [2.24, 2.45) is 0 Å². The minimum atomic E-state index is -1.23. The van der Waals surface area contributed by atoms with Crippen LogP contribution in [-0.2, 0) is 19.2 Å². The Balaban J connectivity index is 4.49. The smallest absolute Gasteiger partial charge is 0.317 e. The van der Waals surface area contributed by atoms with Crippen LogP contribution in [0.4, 0.5) is 0 Å². The number of nitrogens with zero attached hydrogens (tertiary/aromatic N) is 2. The van der Waals surface area contributed by atoms with Crippen LogP contribution >= 0.6 is 0 Å². The van der Waals surface area contributed by atoms with E-state index in [2.05, 4.69) is 0 Å². The van der Waals surface area contributed by atoms with E-state index >= 15 is 0 Å². The standard InChI is InChI=1S/C10H16N2O8/c13-7(14)3-11(4-8(15)16)1-2-12(5-9(17)18)6-10(19)20/h1-6H2,(H,13,14)(H,15,16)(H,17,18)(H,19,20)/i7+1,8+1,9+1,10+1. The van der Waals surface area contributed by atoms with E-state index in [4.69, 9.17) is 20.4 Å². The maximum Gasteiger partial charge on any atom is 0.317 e. The maximum absolute atomic E-state index is 10.6. The molecule has 20 heavy (non-hydrogen) atoms. The molecule has 0 radical (unpaired) electrons. The lowest BCUT2D eigenvalue weighted by Gasteiger charge is -2.23. The zero-order chi connectivity index (χ0) is 15.7. The van der Waals surface area contributed by atoms with Crippen molar-refractivity contribution in [1.29, 1.82) is 0 Å². The van der Waals surface area contributed by atoms with Crippen LogP contribution in [0, 0.1) is 0 Å². The maximum atomic E-state index is 10.6. The lowest BCUT2D eigenvalue weighted by Crippen LogP contribution is -2.43. The molecule has 4 N–H and O–H groups in total. The van der Waals surface area contributed by atoms with Gasteiger partial charge in [-0.25, -0.2) is 0 Å². The van der Waals surface area contributed by atoms with E-state index in [1.165, 1.54) is 0 Å². The van der Waals surface area contributed by atoms with Gasteiger partial charge in [0, 0.05) is 13.1 Å². The number of carbonyl (C=O) groups is 4. The molecule has 0 bridgehead atoms. The minimum Gasteiger partial charge on any atom is -0.480 e. The molecule has 0 unspecified atom stereocenters. The van der Waals surface area contributed by atoms with Crippen molar-refractivity contribution in [1.82, 2.24) is 9.80 Å². The fraction of sp³-hybridized carbons (Fsp3) is 0.600. The van der Waals surface area contributed by atoms with E-state index in [9.17, 15) is 19.2 Å². The van der Waals surface area contributed by atoms with Crippen molar-refractivity contribution in [2.45, 2.75) is 0 Å². The summed E-state index contributed by atoms with van der Waals surface area (Å²) in [4.78, 5) is 44.4. The highest BCUT2D eigenvalue weighted by atomic mass is 16.5. The normalized spacial score (nSPS) is 10.7. The van der Waals surface area contributed by atoms with Gasteiger partial charge >= 0.3 is 23.9 Å². The second-order valence-corrected chi connectivity index (χ2v) is 4.00. The zero-order valence-electron chi connectivity index (χ0n) is 10.6. The molecule has 0 rings (SSSR count). The average molecular weight is 296 g/mol. The third kappa shape index (κ3) is 9.79. The summed E-state index contributed by atoms with van der Waals surface area (Å²) in [5.74, 6) is -4.91. The van der Waals surface area contributed by atoms with E-state index in [0.29, 0.717) is 0 Å². The number of rotatable bonds is 11. The third-order valence-electron chi connectivity index (χ3n) is 2.17. The first kappa shape index (κ1) is 17.8. The summed E-state index contributed by atoms with van der Waals surface area (Å²) < 4.78 is 0. The molecule has 0 aliphatic heterocycles. The highest BCUT2D eigenvalue weighted by molar-refractivity contribution is 5.73. The zero-order valence-corrected chi connectivity index (χ0v) is 10.6. The molecule has 0 saturated carbocycles. The molecule has 10 nitrogen and oxygen atoms in total. The average Bonchev–Trinajstić information content (AvgIpc) is 2.22. The van der Waals surface area contributed by atoms with Crippen LogP contribution < -0.4 is 0 Å². The lowest BCUT2D eigenvalue weighted by molar-refractivity contribution is -0.145. The van der Waals surface area contributed by atoms with E-state index in [1.807, 2.05) is 0 Å². The van der Waals surface area contributed by atoms with Gasteiger partial charge in [-0.15, -0.1) is 0 Å². The Kier molecular flexibility index (Phi) is 7.85. The fourth-order valence-electron chi connectivity index (χ4n) is 1.48. The van der Waals surface area contributed by atoms with Crippen molar-refractivity contribution < 1.29 is 39.6 Å². The van der Waals surface area contributed by atoms with Gasteiger partial charge in [0.05, 0.1) is 26.2 Å². The lowest BCUT2D eigenvalue weighted by atomic mass is 10.4. The second kappa shape index (κ2) is 8.82. The van der Waals surface area contributed by atoms with Gasteiger partial charge in [-0.2, -0.15) is 0 Å². The van der Waals surface area contributed by atoms with E-state index < -0.39 is 50.1 Å². The third-order valence-corrected chi connectivity index (χ3v) is 2.17. The molecule has 0 spiro atoms. The molecule has 0 aliphatic carbocycles. The summed E-state index contributed by atoms with van der Waals surface area (Å²) in [7, 11) is 0. The number of carboxylic acid groups (broad SMARTS) is 4. The molecule has 0 fully saturated rings. The second-order valence-electron chi connectivity index (χ2n) is 4.00. The van der Waals surface area contributed by atoms with E-state index in [-0.39, 0.29) is 13.1 Å². The van der Waals surface area contributed by atoms with Crippen LogP contribution in [0.25, 0.3) is 0 Å². The number of hydrogen-bond donors (Lipinski definition) is 4. The summed E-state index contributed by atoms with van der Waals surface area (Å²) in [5, 5.41) is 34.5. The Morgan fingerprint density at radius 1 is 0.550 bits per heavy atom. The molecule has 10 heteroatoms. The van der Waals surface area contributed by atoms with Crippen molar-refractivity contribution >= 4 is 23.9 Å². The first-order valence-corrected chi connectivity index (χ1v) is 5.52. The fourth-order valence-corrected chi connectivity index (χ4v) is 1.48. The summed E-state index contributed by atoms with van der Waals surface area (Å²) in [5.41, 5.74) is 0. The topological polar surface area (TPSA) is 156 Å². The van der Waals surface area contributed by atoms with Crippen LogP contribution in [0.2, 0.25) is 0 Å². The van der Waals surface area contributed by atoms with Crippen molar-refractivity contribution in [3.63, 3.8) is 0 Å². The number of carboxylic acids is 4. The van der Waals surface area contributed by atoms with Crippen LogP contribution in [0.15, 0.2) is 0 Å². The van der Waals surface area contributed by atoms with Gasteiger partial charge < -0.3 is 20.4 Å². The van der Waals surface area contributed by atoms with Gasteiger partial charge in [-0.1, -0.05) is 0 Å². The van der Waals surface area contributed by atoms with Gasteiger partial charge in [0.1, 0.15) is 0 Å². The highest BCUT2D eigenvalue weighted by Crippen LogP contribution is 1.94. The van der Waals surface area contributed by atoms with Gasteiger partial charge in [-0.05, 0) is 0 Å². The molecule has 0 aromatic rings. The largest absolute Gasteiger partial charge is 0.480 e. The molecule has 0 aliphatic rings. The summed E-state index contributed by atoms with van der Waals surface area (Å²) in [6, 6.07) is 0. The minimum absolute atomic E-state index is 0.0703. The molecule has 0 heterocycles. The van der Waals surface area contributed by atoms with Gasteiger partial charge in [0.2, 0.25) is 0 Å². The molecule has 0 atom stereocenters. The monoisotopic (exact) mass is 296 g/mol. The Morgan fingerprint density at radius 2 is 0.750 bits per heavy atom. The molecular weight excluding hydrogens is 280 g/mol. The van der Waals surface area contributed by atoms with Gasteiger partial charge in [0.25, 0.3) is 0 Å². The quantitative estimate of drug-likeness (QED) is 0.312. The number of aliphatic carboxylic acids is 4. The summed E-state index contributed by atoms with van der Waals surface area (Å²) in [6.07, 6.45) is 0. The molecular formula is C10H16N2O8. The predicted octanol–water partition coefficient (Wildman–Crippen LogP) is -2.07. The Labute approximate surface area is 113 Å². The Hall–Kier alpha value is -2.20. The molecule has 114 valence electrons. The molecule has 0 amide bonds. The number of hydrogen-bond acceptors (Lipinski definition) is 6. The van der Waals surface area contributed by atoms with Crippen molar-refractivity contribution in [2.75, 3.05) is 39.3 Å². The van der Waals surface area contributed by atoms with Crippen LogP contribution in [0.3, 0.4) is 0 Å². The van der Waals surface area contributed by atoms with Crippen LogP contribution in [-0.4, -0.2) is 93.4 Å². The Morgan fingerprint density at radius 3 is 0.900 bits per heavy atom. The summed E-state index contributed by atoms with van der Waals surface area (Å²) in [6.45, 7) is -2.25. The van der Waals surface area contributed by atoms with Crippen molar-refractivity contribution in [3.8, 4) is 0 Å². The van der Waals surface area contributed by atoms with Gasteiger partial charge in [0.15, 0.2) is 0 Å². The predicted molar refractivity (Wildman–Crippen MR) is 63.4 cm³/mol. The SMILES string of the molecule is O=[13C](O)CN(CCN(C[13C](=O)O)C[13C](=O)O)C[13C](=O)O. The van der Waals surface area contributed by atoms with Gasteiger partial charge in [-0.3, -0.25) is 29.0 Å².